The van der Waals surface area contributed by atoms with E-state index in [9.17, 15) is 13.2 Å². The first-order chi connectivity index (χ1) is 8.98. The Morgan fingerprint density at radius 1 is 1.37 bits per heavy atom. The highest BCUT2D eigenvalue weighted by Crippen LogP contribution is 2.68. The molecule has 0 spiro atoms. The zero-order valence-corrected chi connectivity index (χ0v) is 10.4. The molecule has 7 heteroatoms. The number of rotatable bonds is 1. The summed E-state index contributed by atoms with van der Waals surface area (Å²) < 4.78 is 41.4. The Labute approximate surface area is 111 Å². The van der Waals surface area contributed by atoms with Crippen molar-refractivity contribution in [2.75, 3.05) is 13.1 Å². The number of piperidine rings is 1. The van der Waals surface area contributed by atoms with Crippen molar-refractivity contribution >= 4 is 22.5 Å². The Bertz CT molecular complexity index is 699. The fourth-order valence-corrected chi connectivity index (χ4v) is 3.53. The van der Waals surface area contributed by atoms with Crippen molar-refractivity contribution in [3.8, 4) is 0 Å². The molecular formula is C12H9ClF3N3. The molecule has 1 aliphatic carbocycles. The van der Waals surface area contributed by atoms with Gasteiger partial charge in [-0.05, 0) is 12.1 Å². The molecular weight excluding hydrogens is 279 g/mol. The number of fused-ring (bicyclic) bond motifs is 2. The van der Waals surface area contributed by atoms with Crippen molar-refractivity contribution < 1.29 is 13.2 Å². The molecule has 2 fully saturated rings. The molecule has 2 heterocycles. The molecule has 1 aromatic carbocycles. The van der Waals surface area contributed by atoms with Crippen LogP contribution in [0.25, 0.3) is 10.9 Å². The van der Waals surface area contributed by atoms with E-state index in [1.807, 2.05) is 0 Å². The number of hydrogen-bond donors (Lipinski definition) is 2. The van der Waals surface area contributed by atoms with Gasteiger partial charge in [0.2, 0.25) is 0 Å². The Kier molecular flexibility index (Phi) is 1.97. The van der Waals surface area contributed by atoms with Gasteiger partial charge in [-0.15, -0.1) is 0 Å². The minimum atomic E-state index is -2.79. The number of nitrogens with zero attached hydrogens (tertiary/aromatic N) is 1. The molecule has 1 aliphatic heterocycles. The largest absolute Gasteiger partial charge is 0.315 e. The third kappa shape index (κ3) is 1.17. The molecule has 1 saturated heterocycles. The van der Waals surface area contributed by atoms with Crippen LogP contribution in [-0.4, -0.2) is 29.2 Å². The maximum absolute atomic E-state index is 14.0. The van der Waals surface area contributed by atoms with Gasteiger partial charge < -0.3 is 5.32 Å². The number of aromatic amines is 1. The number of aromatic nitrogens is 2. The molecule has 0 radical (unpaired) electrons. The van der Waals surface area contributed by atoms with E-state index in [2.05, 4.69) is 15.5 Å². The molecule has 100 valence electrons. The molecule has 2 atom stereocenters. The first kappa shape index (κ1) is 11.5. The van der Waals surface area contributed by atoms with E-state index >= 15 is 0 Å². The lowest BCUT2D eigenvalue weighted by Gasteiger charge is -2.12. The third-order valence-corrected chi connectivity index (χ3v) is 4.61. The average molecular weight is 288 g/mol. The molecule has 19 heavy (non-hydrogen) atoms. The first-order valence-corrected chi connectivity index (χ1v) is 6.28. The normalized spacial score (nSPS) is 31.7. The average Bonchev–Trinajstić information content (AvgIpc) is 2.78. The highest BCUT2D eigenvalue weighted by molar-refractivity contribution is 6.35. The molecule has 0 bridgehead atoms. The minimum Gasteiger partial charge on any atom is -0.315 e. The Morgan fingerprint density at radius 2 is 2.16 bits per heavy atom. The van der Waals surface area contributed by atoms with Gasteiger partial charge in [0.25, 0.3) is 5.92 Å². The summed E-state index contributed by atoms with van der Waals surface area (Å²) in [6.07, 6.45) is 0. The van der Waals surface area contributed by atoms with Gasteiger partial charge in [-0.3, -0.25) is 5.10 Å². The Morgan fingerprint density at radius 3 is 2.84 bits per heavy atom. The lowest BCUT2D eigenvalue weighted by Crippen LogP contribution is -2.29. The van der Waals surface area contributed by atoms with Crippen LogP contribution in [0.2, 0.25) is 5.02 Å². The van der Waals surface area contributed by atoms with Gasteiger partial charge in [0.15, 0.2) is 0 Å². The van der Waals surface area contributed by atoms with Crippen LogP contribution in [0, 0.1) is 11.7 Å². The van der Waals surface area contributed by atoms with Gasteiger partial charge in [-0.1, -0.05) is 11.6 Å². The molecule has 2 N–H and O–H groups in total. The minimum absolute atomic E-state index is 0.150. The number of alkyl halides is 2. The van der Waals surface area contributed by atoms with Crippen molar-refractivity contribution in [1.82, 2.24) is 15.5 Å². The third-order valence-electron chi connectivity index (χ3n) is 4.31. The van der Waals surface area contributed by atoms with E-state index in [1.165, 1.54) is 6.07 Å². The van der Waals surface area contributed by atoms with Crippen molar-refractivity contribution in [2.24, 2.45) is 5.92 Å². The summed E-state index contributed by atoms with van der Waals surface area (Å²) in [7, 11) is 0. The summed E-state index contributed by atoms with van der Waals surface area (Å²) >= 11 is 5.90. The van der Waals surface area contributed by atoms with Gasteiger partial charge in [-0.2, -0.15) is 5.10 Å². The summed E-state index contributed by atoms with van der Waals surface area (Å²) in [4.78, 5) is 0. The smallest absolute Gasteiger partial charge is 0.266 e. The van der Waals surface area contributed by atoms with Gasteiger partial charge >= 0.3 is 0 Å². The van der Waals surface area contributed by atoms with Crippen LogP contribution in [0.15, 0.2) is 12.1 Å². The van der Waals surface area contributed by atoms with Crippen molar-refractivity contribution in [1.29, 1.82) is 0 Å². The maximum atomic E-state index is 14.0. The lowest BCUT2D eigenvalue weighted by atomic mass is 9.97. The monoisotopic (exact) mass is 287 g/mol. The van der Waals surface area contributed by atoms with Crippen molar-refractivity contribution in [3.63, 3.8) is 0 Å². The topological polar surface area (TPSA) is 40.7 Å². The number of halogens is 4. The molecule has 1 aromatic heterocycles. The summed E-state index contributed by atoms with van der Waals surface area (Å²) in [5.41, 5.74) is -0.702. The molecule has 2 aromatic rings. The van der Waals surface area contributed by atoms with Crippen LogP contribution in [-0.2, 0) is 5.41 Å². The van der Waals surface area contributed by atoms with Crippen LogP contribution < -0.4 is 5.32 Å². The zero-order chi connectivity index (χ0) is 13.4. The highest BCUT2D eigenvalue weighted by atomic mass is 35.5. The van der Waals surface area contributed by atoms with E-state index in [0.29, 0.717) is 10.9 Å². The second-order valence-electron chi connectivity index (χ2n) is 5.16. The highest BCUT2D eigenvalue weighted by Gasteiger charge is 2.84. The van der Waals surface area contributed by atoms with Gasteiger partial charge in [0, 0.05) is 18.5 Å². The SMILES string of the molecule is Fc1cc(Cl)c2[nH]nc(C34CNC[C@H]3C4(F)F)c2c1. The molecule has 3 nitrogen and oxygen atoms in total. The number of nitrogens with one attached hydrogen (secondary N) is 2. The van der Waals surface area contributed by atoms with Gasteiger partial charge in [-0.25, -0.2) is 13.2 Å². The molecule has 0 amide bonds. The standard InChI is InChI=1S/C12H9ClF3N3/c13-7-2-5(14)1-6-9(7)18-19-10(6)11-4-17-3-8(11)12(11,15)16/h1-2,8,17H,3-4H2,(H,18,19)/t8-,11?/m1/s1. The molecule has 2 aliphatic rings. The second-order valence-corrected chi connectivity index (χ2v) is 5.57. The predicted octanol–water partition coefficient (Wildman–Crippen LogP) is 2.46. The predicted molar refractivity (Wildman–Crippen MR) is 64.0 cm³/mol. The second kappa shape index (κ2) is 3.24. The summed E-state index contributed by atoms with van der Waals surface area (Å²) in [6, 6.07) is 2.34. The van der Waals surface area contributed by atoms with E-state index in [0.717, 1.165) is 6.07 Å². The Hall–Kier alpha value is -1.27. The van der Waals surface area contributed by atoms with Crippen molar-refractivity contribution in [3.05, 3.63) is 28.7 Å². The van der Waals surface area contributed by atoms with Crippen molar-refractivity contribution in [2.45, 2.75) is 11.3 Å². The summed E-state index contributed by atoms with van der Waals surface area (Å²) in [5.74, 6) is -4.12. The maximum Gasteiger partial charge on any atom is 0.266 e. The van der Waals surface area contributed by atoms with Gasteiger partial charge in [0.05, 0.1) is 22.2 Å². The van der Waals surface area contributed by atoms with E-state index in [4.69, 9.17) is 11.6 Å². The molecule has 1 unspecified atom stereocenters. The number of hydrogen-bond acceptors (Lipinski definition) is 2. The number of benzene rings is 1. The summed E-state index contributed by atoms with van der Waals surface area (Å²) in [5, 5.41) is 10.1. The quantitative estimate of drug-likeness (QED) is 0.846. The van der Waals surface area contributed by atoms with Crippen LogP contribution in [0.1, 0.15) is 5.69 Å². The van der Waals surface area contributed by atoms with E-state index in [-0.39, 0.29) is 23.8 Å². The Balaban J connectivity index is 1.98. The number of H-pyrrole nitrogens is 1. The molecule has 1 saturated carbocycles. The fourth-order valence-electron chi connectivity index (χ4n) is 3.28. The first-order valence-electron chi connectivity index (χ1n) is 5.90. The van der Waals surface area contributed by atoms with E-state index < -0.39 is 23.1 Å². The van der Waals surface area contributed by atoms with Crippen LogP contribution in [0.5, 0.6) is 0 Å². The zero-order valence-electron chi connectivity index (χ0n) is 9.61. The van der Waals surface area contributed by atoms with Crippen LogP contribution in [0.4, 0.5) is 13.2 Å². The van der Waals surface area contributed by atoms with Crippen LogP contribution in [0.3, 0.4) is 0 Å². The van der Waals surface area contributed by atoms with Gasteiger partial charge in [0.1, 0.15) is 11.2 Å². The van der Waals surface area contributed by atoms with Crippen LogP contribution >= 0.6 is 11.6 Å². The molecule has 4 rings (SSSR count). The lowest BCUT2D eigenvalue weighted by molar-refractivity contribution is 0.0671. The van der Waals surface area contributed by atoms with E-state index in [1.54, 1.807) is 0 Å². The summed E-state index contributed by atoms with van der Waals surface area (Å²) in [6.45, 7) is 0.406. The fraction of sp³-hybridized carbons (Fsp3) is 0.417.